The predicted molar refractivity (Wildman–Crippen MR) is 73.5 cm³/mol. The van der Waals surface area contributed by atoms with Crippen LogP contribution in [0.2, 0.25) is 0 Å². The Morgan fingerprint density at radius 1 is 1.33 bits per heavy atom. The van der Waals surface area contributed by atoms with E-state index in [1.807, 2.05) is 36.6 Å². The van der Waals surface area contributed by atoms with E-state index in [0.29, 0.717) is 12.1 Å². The van der Waals surface area contributed by atoms with Crippen molar-refractivity contribution in [1.82, 2.24) is 5.32 Å². The zero-order valence-electron chi connectivity index (χ0n) is 10.2. The maximum Gasteiger partial charge on any atom is 0.251 e. The molecule has 2 aromatic rings. The lowest BCUT2D eigenvalue weighted by molar-refractivity contribution is 0.0948. The molecule has 3 nitrogen and oxygen atoms in total. The third-order valence-corrected chi connectivity index (χ3v) is 3.13. The molecule has 0 bridgehead atoms. The summed E-state index contributed by atoms with van der Waals surface area (Å²) < 4.78 is 5.16. The Kier molecular flexibility index (Phi) is 4.47. The molecule has 0 fully saturated rings. The number of benzene rings is 1. The van der Waals surface area contributed by atoms with Crippen LogP contribution >= 0.6 is 11.8 Å². The second-order valence-corrected chi connectivity index (χ2v) is 4.76. The van der Waals surface area contributed by atoms with Gasteiger partial charge in [0.05, 0.1) is 12.8 Å². The topological polar surface area (TPSA) is 42.2 Å². The maximum atomic E-state index is 11.9. The van der Waals surface area contributed by atoms with Gasteiger partial charge in [0.2, 0.25) is 0 Å². The van der Waals surface area contributed by atoms with Crippen LogP contribution in [-0.2, 0) is 12.3 Å². The lowest BCUT2D eigenvalue weighted by atomic mass is 10.1. The monoisotopic (exact) mass is 261 g/mol. The van der Waals surface area contributed by atoms with Gasteiger partial charge in [-0.15, -0.1) is 0 Å². The number of thioether (sulfide) groups is 1. The van der Waals surface area contributed by atoms with Crippen molar-refractivity contribution in [3.63, 3.8) is 0 Å². The van der Waals surface area contributed by atoms with Crippen molar-refractivity contribution in [2.45, 2.75) is 12.3 Å². The maximum absolute atomic E-state index is 11.9. The van der Waals surface area contributed by atoms with Crippen molar-refractivity contribution >= 4 is 17.7 Å². The molecule has 0 radical (unpaired) electrons. The smallest absolute Gasteiger partial charge is 0.251 e. The Morgan fingerprint density at radius 3 is 2.94 bits per heavy atom. The number of hydrogen-bond acceptors (Lipinski definition) is 3. The number of carbonyl (C=O) groups excluding carboxylic acids is 1. The average Bonchev–Trinajstić information content (AvgIpc) is 2.90. The summed E-state index contributed by atoms with van der Waals surface area (Å²) in [6, 6.07) is 11.3. The Hall–Kier alpha value is -1.68. The molecule has 1 N–H and O–H groups in total. The van der Waals surface area contributed by atoms with Crippen molar-refractivity contribution in [3.8, 4) is 0 Å². The minimum atomic E-state index is -0.0747. The van der Waals surface area contributed by atoms with Crippen molar-refractivity contribution in [1.29, 1.82) is 0 Å². The average molecular weight is 261 g/mol. The van der Waals surface area contributed by atoms with Crippen molar-refractivity contribution in [2.75, 3.05) is 6.26 Å². The molecule has 0 aliphatic heterocycles. The number of furan rings is 1. The summed E-state index contributed by atoms with van der Waals surface area (Å²) >= 11 is 1.74. The molecule has 94 valence electrons. The van der Waals surface area contributed by atoms with E-state index in [0.717, 1.165) is 17.1 Å². The summed E-state index contributed by atoms with van der Waals surface area (Å²) in [5, 5.41) is 2.83. The standard InChI is InChI=1S/C14H15NO2S/c1-18-10-11-4-2-5-12(8-11)14(16)15-9-13-6-3-7-17-13/h2-8H,9-10H2,1H3,(H,15,16). The molecule has 0 spiro atoms. The highest BCUT2D eigenvalue weighted by Crippen LogP contribution is 2.11. The molecule has 0 saturated heterocycles. The van der Waals surface area contributed by atoms with Gasteiger partial charge in [-0.25, -0.2) is 0 Å². The zero-order chi connectivity index (χ0) is 12.8. The molecule has 1 aromatic heterocycles. The molecule has 0 unspecified atom stereocenters. The SMILES string of the molecule is CSCc1cccc(C(=O)NCc2ccco2)c1. The summed E-state index contributed by atoms with van der Waals surface area (Å²) in [5.41, 5.74) is 1.85. The van der Waals surface area contributed by atoms with Crippen molar-refractivity contribution in [2.24, 2.45) is 0 Å². The zero-order valence-corrected chi connectivity index (χ0v) is 11.0. The largest absolute Gasteiger partial charge is 0.467 e. The number of amides is 1. The van der Waals surface area contributed by atoms with Gasteiger partial charge in [-0.1, -0.05) is 12.1 Å². The van der Waals surface area contributed by atoms with E-state index in [1.54, 1.807) is 24.1 Å². The first-order valence-corrected chi connectivity index (χ1v) is 7.07. The molecule has 0 aliphatic rings. The molecule has 0 saturated carbocycles. The Morgan fingerprint density at radius 2 is 2.22 bits per heavy atom. The van der Waals surface area contributed by atoms with E-state index < -0.39 is 0 Å². The molecule has 2 rings (SSSR count). The van der Waals surface area contributed by atoms with E-state index >= 15 is 0 Å². The second kappa shape index (κ2) is 6.31. The molecule has 1 amide bonds. The van der Waals surface area contributed by atoms with Crippen molar-refractivity contribution in [3.05, 3.63) is 59.5 Å². The normalized spacial score (nSPS) is 10.3. The Labute approximate surface area is 111 Å². The molecule has 1 aromatic carbocycles. The molecule has 18 heavy (non-hydrogen) atoms. The van der Waals surface area contributed by atoms with Gasteiger partial charge in [0.25, 0.3) is 5.91 Å². The van der Waals surface area contributed by atoms with Crippen LogP contribution in [0.25, 0.3) is 0 Å². The highest BCUT2D eigenvalue weighted by molar-refractivity contribution is 7.97. The van der Waals surface area contributed by atoms with Gasteiger partial charge in [-0.2, -0.15) is 11.8 Å². The van der Waals surface area contributed by atoms with Gasteiger partial charge < -0.3 is 9.73 Å². The number of hydrogen-bond donors (Lipinski definition) is 1. The summed E-state index contributed by atoms with van der Waals surface area (Å²) in [5.74, 6) is 1.59. The first-order chi connectivity index (χ1) is 8.79. The fourth-order valence-corrected chi connectivity index (χ4v) is 2.16. The fraction of sp³-hybridized carbons (Fsp3) is 0.214. The number of rotatable bonds is 5. The van der Waals surface area contributed by atoms with E-state index in [9.17, 15) is 4.79 Å². The molecular weight excluding hydrogens is 246 g/mol. The highest BCUT2D eigenvalue weighted by Gasteiger charge is 2.06. The quantitative estimate of drug-likeness (QED) is 0.899. The fourth-order valence-electron chi connectivity index (χ4n) is 1.65. The lowest BCUT2D eigenvalue weighted by Gasteiger charge is -2.05. The van der Waals surface area contributed by atoms with Gasteiger partial charge in [0, 0.05) is 11.3 Å². The van der Waals surface area contributed by atoms with E-state index in [-0.39, 0.29) is 5.91 Å². The van der Waals surface area contributed by atoms with E-state index in [1.165, 1.54) is 0 Å². The summed E-state index contributed by atoms with van der Waals surface area (Å²) in [6.07, 6.45) is 3.64. The van der Waals surface area contributed by atoms with Crippen LogP contribution in [0.4, 0.5) is 0 Å². The molecule has 1 heterocycles. The van der Waals surface area contributed by atoms with Crippen LogP contribution in [0.5, 0.6) is 0 Å². The summed E-state index contributed by atoms with van der Waals surface area (Å²) in [6.45, 7) is 0.415. The van der Waals surface area contributed by atoms with Crippen LogP contribution in [0, 0.1) is 0 Å². The number of carbonyl (C=O) groups is 1. The third-order valence-electron chi connectivity index (χ3n) is 2.50. The molecule has 0 atom stereocenters. The van der Waals surface area contributed by atoms with Crippen LogP contribution in [-0.4, -0.2) is 12.2 Å². The number of nitrogens with one attached hydrogen (secondary N) is 1. The first-order valence-electron chi connectivity index (χ1n) is 5.68. The van der Waals surface area contributed by atoms with Gasteiger partial charge in [-0.3, -0.25) is 4.79 Å². The summed E-state index contributed by atoms with van der Waals surface area (Å²) in [7, 11) is 0. The van der Waals surface area contributed by atoms with Gasteiger partial charge in [0.15, 0.2) is 0 Å². The van der Waals surface area contributed by atoms with Crippen LogP contribution in [0.3, 0.4) is 0 Å². The minimum absolute atomic E-state index is 0.0747. The van der Waals surface area contributed by atoms with Crippen LogP contribution < -0.4 is 5.32 Å². The Balaban J connectivity index is 1.97. The second-order valence-electron chi connectivity index (χ2n) is 3.90. The van der Waals surface area contributed by atoms with Gasteiger partial charge in [-0.05, 0) is 36.1 Å². The Bertz CT molecular complexity index is 508. The van der Waals surface area contributed by atoms with Gasteiger partial charge >= 0.3 is 0 Å². The summed E-state index contributed by atoms with van der Waals surface area (Å²) in [4.78, 5) is 11.9. The highest BCUT2D eigenvalue weighted by atomic mass is 32.2. The predicted octanol–water partition coefficient (Wildman–Crippen LogP) is 3.07. The first kappa shape index (κ1) is 12.8. The van der Waals surface area contributed by atoms with E-state index in [2.05, 4.69) is 5.32 Å². The van der Waals surface area contributed by atoms with Crippen LogP contribution in [0.1, 0.15) is 21.7 Å². The molecule has 0 aliphatic carbocycles. The molecular formula is C14H15NO2S. The van der Waals surface area contributed by atoms with Crippen molar-refractivity contribution < 1.29 is 9.21 Å². The molecule has 4 heteroatoms. The lowest BCUT2D eigenvalue weighted by Crippen LogP contribution is -2.22. The minimum Gasteiger partial charge on any atom is -0.467 e. The van der Waals surface area contributed by atoms with Gasteiger partial charge in [0.1, 0.15) is 5.76 Å². The van der Waals surface area contributed by atoms with E-state index in [4.69, 9.17) is 4.42 Å². The third kappa shape index (κ3) is 3.40. The van der Waals surface area contributed by atoms with Crippen LogP contribution in [0.15, 0.2) is 47.1 Å².